The van der Waals surface area contributed by atoms with Crippen LogP contribution in [0.5, 0.6) is 0 Å². The molecule has 0 radical (unpaired) electrons. The van der Waals surface area contributed by atoms with Gasteiger partial charge in [-0.1, -0.05) is 298 Å². The smallest absolute Gasteiger partial charge is 0.305 e. The van der Waals surface area contributed by atoms with Gasteiger partial charge >= 0.3 is 5.97 Å². The van der Waals surface area contributed by atoms with Gasteiger partial charge in [0, 0.05) is 12.8 Å². The topological polar surface area (TPSA) is 175 Å². The molecule has 1 saturated heterocycles. The molecule has 7 atom stereocenters. The molecule has 0 aromatic heterocycles. The van der Waals surface area contributed by atoms with Crippen LogP contribution < -0.4 is 5.32 Å². The lowest BCUT2D eigenvalue weighted by Gasteiger charge is -2.40. The molecule has 1 heterocycles. The molecule has 6 N–H and O–H groups in total. The van der Waals surface area contributed by atoms with Crippen molar-refractivity contribution in [3.63, 3.8) is 0 Å². The summed E-state index contributed by atoms with van der Waals surface area (Å²) in [6, 6.07) is -0.833. The average Bonchev–Trinajstić information content (AvgIpc) is 1.92. The zero-order chi connectivity index (χ0) is 64.4. The molecule has 1 fully saturated rings. The van der Waals surface area contributed by atoms with Crippen molar-refractivity contribution in [3.05, 3.63) is 72.9 Å². The minimum Gasteiger partial charge on any atom is -0.466 e. The maximum absolute atomic E-state index is 13.0. The Kier molecular flexibility index (Phi) is 62.9. The number of carbonyl (C=O) groups excluding carboxylic acids is 2. The maximum Gasteiger partial charge on any atom is 0.305 e. The standard InChI is InChI=1S/C78H141NO10/c1-3-5-7-9-11-13-14-15-16-36-40-43-46-50-54-58-62-66-74(83)87-67-63-59-55-51-47-44-41-38-35-33-31-29-27-25-23-21-19-17-18-20-22-24-26-28-30-32-34-37-39-42-45-49-53-57-61-65-73(82)79-70(71(81)64-60-56-52-48-12-10-8-6-4-2)69-88-78-77(86)76(85)75(84)72(68-80)89-78/h4,6,12,15-16,19,21,25,27,48,60,64,70-72,75-78,80-81,84-86H,3,5,7-11,13-14,17-18,20,22-24,26,28-47,49-59,61-63,65-69H2,1-2H3,(H,79,82)/b6-4+,16-15-,21-19-,27-25-,48-12+,64-60+. The summed E-state index contributed by atoms with van der Waals surface area (Å²) in [7, 11) is 0. The molecule has 1 aliphatic rings. The first-order valence-electron chi connectivity index (χ1n) is 37.7. The third-order valence-corrected chi connectivity index (χ3v) is 17.6. The van der Waals surface area contributed by atoms with E-state index in [1.54, 1.807) is 6.08 Å². The van der Waals surface area contributed by atoms with Crippen LogP contribution >= 0.6 is 0 Å². The fourth-order valence-corrected chi connectivity index (χ4v) is 11.7. The predicted octanol–water partition coefficient (Wildman–Crippen LogP) is 19.9. The van der Waals surface area contributed by atoms with Gasteiger partial charge in [-0.3, -0.25) is 9.59 Å². The van der Waals surface area contributed by atoms with Crippen molar-refractivity contribution in [1.82, 2.24) is 5.32 Å². The number of aliphatic hydroxyl groups excluding tert-OH is 5. The van der Waals surface area contributed by atoms with Crippen molar-refractivity contribution in [2.24, 2.45) is 0 Å². The molecule has 1 rings (SSSR count). The Labute approximate surface area is 547 Å². The van der Waals surface area contributed by atoms with Gasteiger partial charge in [-0.2, -0.15) is 0 Å². The Balaban J connectivity index is 1.89. The van der Waals surface area contributed by atoms with Crippen LogP contribution in [-0.4, -0.2) is 100 Å². The number of nitrogens with one attached hydrogen (secondary N) is 1. The summed E-state index contributed by atoms with van der Waals surface area (Å²) in [5.41, 5.74) is 0. The molecular weight excluding hydrogens is 1110 g/mol. The number of rotatable bonds is 66. The van der Waals surface area contributed by atoms with E-state index < -0.39 is 49.5 Å². The Hall–Kier alpha value is -2.90. The zero-order valence-corrected chi connectivity index (χ0v) is 57.6. The van der Waals surface area contributed by atoms with E-state index in [4.69, 9.17) is 14.2 Å². The Bertz CT molecular complexity index is 1710. The highest BCUT2D eigenvalue weighted by atomic mass is 16.7. The van der Waals surface area contributed by atoms with Gasteiger partial charge < -0.3 is 45.1 Å². The van der Waals surface area contributed by atoms with Crippen molar-refractivity contribution in [1.29, 1.82) is 0 Å². The molecular formula is C78H141NO10. The lowest BCUT2D eigenvalue weighted by atomic mass is 9.99. The molecule has 1 aliphatic heterocycles. The summed E-state index contributed by atoms with van der Waals surface area (Å²) in [6.07, 6.45) is 81.0. The van der Waals surface area contributed by atoms with E-state index in [2.05, 4.69) is 66.9 Å². The molecule has 518 valence electrons. The van der Waals surface area contributed by atoms with Gasteiger partial charge in [0.05, 0.1) is 32.0 Å². The summed E-state index contributed by atoms with van der Waals surface area (Å²) >= 11 is 0. The molecule has 0 aromatic carbocycles. The fraction of sp³-hybridized carbons (Fsp3) is 0.821. The van der Waals surface area contributed by atoms with Gasteiger partial charge in [0.25, 0.3) is 0 Å². The molecule has 7 unspecified atom stereocenters. The molecule has 89 heavy (non-hydrogen) atoms. The monoisotopic (exact) mass is 1250 g/mol. The second-order valence-electron chi connectivity index (χ2n) is 26.0. The summed E-state index contributed by atoms with van der Waals surface area (Å²) in [4.78, 5) is 25.1. The van der Waals surface area contributed by atoms with Crippen LogP contribution in [0.4, 0.5) is 0 Å². The molecule has 0 aromatic rings. The van der Waals surface area contributed by atoms with Crippen LogP contribution in [0.2, 0.25) is 0 Å². The van der Waals surface area contributed by atoms with E-state index >= 15 is 0 Å². The SMILES string of the molecule is C/C=C/CC/C=C/CC/C=C/C(O)C(COC1OC(CO)C(O)C(O)C1O)NC(=O)CCCCCCCCCCCCCCCCCCC/C=C\C/C=C\CCCCCCCCCCCCCOC(=O)CCCCCCCCC/C=C\CCCCCCCC. The number of carbonyl (C=O) groups is 2. The van der Waals surface area contributed by atoms with Gasteiger partial charge in [-0.05, 0) is 110 Å². The number of unbranched alkanes of at least 4 members (excludes halogenated alkanes) is 43. The number of allylic oxidation sites excluding steroid dienone is 11. The predicted molar refractivity (Wildman–Crippen MR) is 375 cm³/mol. The van der Waals surface area contributed by atoms with Gasteiger partial charge in [0.1, 0.15) is 24.4 Å². The van der Waals surface area contributed by atoms with Crippen molar-refractivity contribution in [3.8, 4) is 0 Å². The quantitative estimate of drug-likeness (QED) is 0.0195. The normalized spacial score (nSPS) is 18.1. The van der Waals surface area contributed by atoms with E-state index in [0.717, 1.165) is 70.6 Å². The minimum absolute atomic E-state index is 0.00623. The van der Waals surface area contributed by atoms with Crippen molar-refractivity contribution >= 4 is 11.9 Å². The van der Waals surface area contributed by atoms with E-state index in [1.807, 2.05) is 19.1 Å². The lowest BCUT2D eigenvalue weighted by molar-refractivity contribution is -0.302. The zero-order valence-electron chi connectivity index (χ0n) is 57.6. The number of aliphatic hydroxyl groups is 5. The Morgan fingerprint density at radius 3 is 1.25 bits per heavy atom. The van der Waals surface area contributed by atoms with Crippen molar-refractivity contribution in [2.75, 3.05) is 19.8 Å². The molecule has 0 saturated carbocycles. The van der Waals surface area contributed by atoms with E-state index in [-0.39, 0.29) is 18.5 Å². The van der Waals surface area contributed by atoms with Crippen molar-refractivity contribution < 1.29 is 49.3 Å². The molecule has 11 nitrogen and oxygen atoms in total. The van der Waals surface area contributed by atoms with Gasteiger partial charge in [0.2, 0.25) is 5.91 Å². The van der Waals surface area contributed by atoms with Crippen LogP contribution in [0.1, 0.15) is 348 Å². The first-order chi connectivity index (χ1) is 43.7. The third-order valence-electron chi connectivity index (χ3n) is 17.6. The summed E-state index contributed by atoms with van der Waals surface area (Å²) in [5, 5.41) is 54.2. The number of esters is 1. The maximum atomic E-state index is 13.0. The van der Waals surface area contributed by atoms with Gasteiger partial charge in [-0.15, -0.1) is 0 Å². The number of amides is 1. The number of hydrogen-bond acceptors (Lipinski definition) is 10. The van der Waals surface area contributed by atoms with Crippen LogP contribution in [-0.2, 0) is 23.8 Å². The first-order valence-corrected chi connectivity index (χ1v) is 37.7. The average molecular weight is 1250 g/mol. The highest BCUT2D eigenvalue weighted by molar-refractivity contribution is 5.76. The fourth-order valence-electron chi connectivity index (χ4n) is 11.7. The van der Waals surface area contributed by atoms with E-state index in [9.17, 15) is 35.1 Å². The largest absolute Gasteiger partial charge is 0.466 e. The Morgan fingerprint density at radius 1 is 0.438 bits per heavy atom. The number of hydrogen-bond donors (Lipinski definition) is 6. The van der Waals surface area contributed by atoms with Crippen molar-refractivity contribution in [2.45, 2.75) is 391 Å². The highest BCUT2D eigenvalue weighted by Crippen LogP contribution is 2.23. The number of ether oxygens (including phenoxy) is 3. The summed E-state index contributed by atoms with van der Waals surface area (Å²) < 4.78 is 16.7. The lowest BCUT2D eigenvalue weighted by Crippen LogP contribution is -2.60. The first kappa shape index (κ1) is 84.1. The van der Waals surface area contributed by atoms with E-state index in [0.29, 0.717) is 19.4 Å². The van der Waals surface area contributed by atoms with Gasteiger partial charge in [0.15, 0.2) is 6.29 Å². The van der Waals surface area contributed by atoms with E-state index in [1.165, 1.54) is 250 Å². The summed E-state index contributed by atoms with van der Waals surface area (Å²) in [5.74, 6) is -0.191. The molecule has 0 aliphatic carbocycles. The van der Waals surface area contributed by atoms with Gasteiger partial charge in [-0.25, -0.2) is 0 Å². The van der Waals surface area contributed by atoms with Crippen LogP contribution in [0, 0.1) is 0 Å². The summed E-state index contributed by atoms with van der Waals surface area (Å²) in [6.45, 7) is 4.11. The second kappa shape index (κ2) is 66.6. The molecule has 11 heteroatoms. The molecule has 1 amide bonds. The van der Waals surface area contributed by atoms with Crippen LogP contribution in [0.15, 0.2) is 72.9 Å². The minimum atomic E-state index is -1.58. The Morgan fingerprint density at radius 2 is 0.809 bits per heavy atom. The molecule has 0 spiro atoms. The third kappa shape index (κ3) is 55.3. The second-order valence-corrected chi connectivity index (χ2v) is 26.0. The molecule has 0 bridgehead atoms. The van der Waals surface area contributed by atoms with Crippen LogP contribution in [0.3, 0.4) is 0 Å². The van der Waals surface area contributed by atoms with Crippen LogP contribution in [0.25, 0.3) is 0 Å². The highest BCUT2D eigenvalue weighted by Gasteiger charge is 2.44.